The van der Waals surface area contributed by atoms with Crippen molar-refractivity contribution in [1.82, 2.24) is 0 Å². The maximum atomic E-state index is 6.08. The molecule has 3 rings (SSSR count). The highest BCUT2D eigenvalue weighted by molar-refractivity contribution is 6.30. The van der Waals surface area contributed by atoms with Crippen molar-refractivity contribution >= 4 is 29.2 Å². The first-order valence-electron chi connectivity index (χ1n) is 6.94. The lowest BCUT2D eigenvalue weighted by atomic mass is 10.1. The Bertz CT molecular complexity index is 755. The van der Waals surface area contributed by atoms with Gasteiger partial charge in [0.2, 0.25) is 11.9 Å². The van der Waals surface area contributed by atoms with E-state index in [1.54, 1.807) is 24.1 Å². The third-order valence-corrected chi connectivity index (χ3v) is 3.75. The van der Waals surface area contributed by atoms with Gasteiger partial charge in [-0.1, -0.05) is 23.7 Å². The van der Waals surface area contributed by atoms with Gasteiger partial charge in [-0.05, 0) is 42.0 Å². The highest BCUT2D eigenvalue weighted by Crippen LogP contribution is 2.31. The molecule has 118 valence electrons. The van der Waals surface area contributed by atoms with E-state index < -0.39 is 6.17 Å². The summed E-state index contributed by atoms with van der Waals surface area (Å²) in [6, 6.07) is 14.9. The van der Waals surface area contributed by atoms with Gasteiger partial charge in [0, 0.05) is 10.7 Å². The molecule has 23 heavy (non-hydrogen) atoms. The molecule has 2 aromatic rings. The van der Waals surface area contributed by atoms with Crippen LogP contribution >= 0.6 is 11.6 Å². The first kappa shape index (κ1) is 15.2. The molecule has 2 aromatic carbocycles. The second kappa shape index (κ2) is 6.18. The molecule has 0 spiro atoms. The third-order valence-electron chi connectivity index (χ3n) is 3.49. The van der Waals surface area contributed by atoms with Crippen LogP contribution in [0.5, 0.6) is 5.75 Å². The van der Waals surface area contributed by atoms with Crippen molar-refractivity contribution < 1.29 is 4.74 Å². The van der Waals surface area contributed by atoms with Crippen LogP contribution in [-0.4, -0.2) is 19.0 Å². The van der Waals surface area contributed by atoms with Gasteiger partial charge in [-0.15, -0.1) is 0 Å². The largest absolute Gasteiger partial charge is 0.497 e. The summed E-state index contributed by atoms with van der Waals surface area (Å²) in [4.78, 5) is 10.3. The average Bonchev–Trinajstić information content (AvgIpc) is 2.55. The second-order valence-electron chi connectivity index (χ2n) is 4.95. The first-order chi connectivity index (χ1) is 11.1. The molecule has 4 N–H and O–H groups in total. The molecule has 6 nitrogen and oxygen atoms in total. The van der Waals surface area contributed by atoms with E-state index in [0.29, 0.717) is 5.02 Å². The van der Waals surface area contributed by atoms with Crippen molar-refractivity contribution in [3.05, 3.63) is 59.1 Å². The Morgan fingerprint density at radius 3 is 2.30 bits per heavy atom. The molecule has 0 radical (unpaired) electrons. The molecule has 0 fully saturated rings. The number of halogens is 1. The van der Waals surface area contributed by atoms with Gasteiger partial charge in [0.1, 0.15) is 5.75 Å². The molecule has 0 aromatic heterocycles. The van der Waals surface area contributed by atoms with Crippen LogP contribution in [-0.2, 0) is 0 Å². The van der Waals surface area contributed by atoms with Gasteiger partial charge in [-0.2, -0.15) is 4.99 Å². The molecular formula is C16H16ClN5O. The Hall–Kier alpha value is -2.73. The Labute approximate surface area is 139 Å². The van der Waals surface area contributed by atoms with Gasteiger partial charge >= 0.3 is 0 Å². The van der Waals surface area contributed by atoms with Crippen molar-refractivity contribution in [3.63, 3.8) is 0 Å². The Morgan fingerprint density at radius 2 is 1.70 bits per heavy atom. The summed E-state index contributed by atoms with van der Waals surface area (Å²) in [5, 5.41) is 0.644. The van der Waals surface area contributed by atoms with Gasteiger partial charge in [0.05, 0.1) is 7.11 Å². The number of methoxy groups -OCH3 is 1. The summed E-state index contributed by atoms with van der Waals surface area (Å²) >= 11 is 5.96. The molecule has 1 aliphatic heterocycles. The van der Waals surface area contributed by atoms with Crippen LogP contribution in [0.1, 0.15) is 11.7 Å². The van der Waals surface area contributed by atoms with Crippen LogP contribution in [0.15, 0.2) is 58.5 Å². The highest BCUT2D eigenvalue weighted by Gasteiger charge is 2.27. The summed E-state index contributed by atoms with van der Waals surface area (Å²) in [5.74, 6) is 1.19. The Morgan fingerprint density at radius 1 is 1.04 bits per heavy atom. The van der Waals surface area contributed by atoms with Crippen molar-refractivity contribution in [3.8, 4) is 5.75 Å². The molecule has 0 unspecified atom stereocenters. The smallest absolute Gasteiger partial charge is 0.221 e. The van der Waals surface area contributed by atoms with Crippen LogP contribution in [0.4, 0.5) is 5.69 Å². The van der Waals surface area contributed by atoms with E-state index in [2.05, 4.69) is 9.98 Å². The minimum absolute atomic E-state index is 0.147. The molecule has 0 saturated carbocycles. The standard InChI is InChI=1S/C16H16ClN5O/c1-23-13-8-2-10(3-9-13)14-20-15(18)21-16(19)22(14)12-6-4-11(17)5-7-12/h2-9,14H,1H3,(H4,18,19,20,21)/t14-/m1/s1. The minimum atomic E-state index is -0.403. The first-order valence-corrected chi connectivity index (χ1v) is 7.32. The van der Waals surface area contributed by atoms with Crippen molar-refractivity contribution in [2.45, 2.75) is 6.17 Å². The lowest BCUT2D eigenvalue weighted by Crippen LogP contribution is -2.44. The summed E-state index contributed by atoms with van der Waals surface area (Å²) in [7, 11) is 1.62. The fraction of sp³-hybridized carbons (Fsp3) is 0.125. The maximum absolute atomic E-state index is 6.08. The highest BCUT2D eigenvalue weighted by atomic mass is 35.5. The van der Waals surface area contributed by atoms with Crippen molar-refractivity contribution in [2.75, 3.05) is 12.0 Å². The van der Waals surface area contributed by atoms with Crippen LogP contribution in [0, 0.1) is 0 Å². The average molecular weight is 330 g/mol. The summed E-state index contributed by atoms with van der Waals surface area (Å²) in [6.07, 6.45) is -0.403. The van der Waals surface area contributed by atoms with E-state index >= 15 is 0 Å². The quantitative estimate of drug-likeness (QED) is 0.905. The van der Waals surface area contributed by atoms with E-state index in [4.69, 9.17) is 27.8 Å². The molecule has 1 aliphatic rings. The topological polar surface area (TPSA) is 89.2 Å². The van der Waals surface area contributed by atoms with Crippen LogP contribution in [0.2, 0.25) is 5.02 Å². The zero-order valence-electron chi connectivity index (χ0n) is 12.5. The predicted octanol–water partition coefficient (Wildman–Crippen LogP) is 2.50. The van der Waals surface area contributed by atoms with Gasteiger partial charge < -0.3 is 16.2 Å². The van der Waals surface area contributed by atoms with E-state index in [1.165, 1.54) is 0 Å². The number of aliphatic imine (C=N–C) groups is 2. The van der Waals surface area contributed by atoms with Crippen molar-refractivity contribution in [1.29, 1.82) is 0 Å². The SMILES string of the molecule is COc1ccc([C@@H]2N=C(N)N=C(N)N2c2ccc(Cl)cc2)cc1. The summed E-state index contributed by atoms with van der Waals surface area (Å²) < 4.78 is 5.19. The zero-order valence-corrected chi connectivity index (χ0v) is 13.2. The van der Waals surface area contributed by atoms with Gasteiger partial charge in [-0.3, -0.25) is 4.90 Å². The lowest BCUT2D eigenvalue weighted by Gasteiger charge is -2.32. The second-order valence-corrected chi connectivity index (χ2v) is 5.39. The zero-order chi connectivity index (χ0) is 16.4. The van der Waals surface area contributed by atoms with Crippen LogP contribution < -0.4 is 21.1 Å². The van der Waals surface area contributed by atoms with E-state index in [1.807, 2.05) is 36.4 Å². The number of hydrogen-bond donors (Lipinski definition) is 2. The molecule has 0 bridgehead atoms. The number of guanidine groups is 2. The van der Waals surface area contributed by atoms with Crippen LogP contribution in [0.25, 0.3) is 0 Å². The van der Waals surface area contributed by atoms with Gasteiger partial charge in [0.25, 0.3) is 0 Å². The van der Waals surface area contributed by atoms with Gasteiger partial charge in [0.15, 0.2) is 6.17 Å². The molecule has 1 atom stereocenters. The maximum Gasteiger partial charge on any atom is 0.221 e. The number of nitrogens with two attached hydrogens (primary N) is 2. The molecular weight excluding hydrogens is 314 g/mol. The number of nitrogens with zero attached hydrogens (tertiary/aromatic N) is 3. The van der Waals surface area contributed by atoms with E-state index in [-0.39, 0.29) is 11.9 Å². The molecule has 1 heterocycles. The summed E-state index contributed by atoms with van der Waals surface area (Å²) in [5.41, 5.74) is 13.6. The predicted molar refractivity (Wildman–Crippen MR) is 92.9 cm³/mol. The van der Waals surface area contributed by atoms with Crippen molar-refractivity contribution in [2.24, 2.45) is 21.5 Å². The number of anilines is 1. The van der Waals surface area contributed by atoms with E-state index in [0.717, 1.165) is 17.0 Å². The fourth-order valence-corrected chi connectivity index (χ4v) is 2.51. The Balaban J connectivity index is 2.03. The monoisotopic (exact) mass is 329 g/mol. The third kappa shape index (κ3) is 3.07. The number of rotatable bonds is 3. The lowest BCUT2D eigenvalue weighted by molar-refractivity contribution is 0.414. The normalized spacial score (nSPS) is 17.5. The number of ether oxygens (including phenoxy) is 1. The molecule has 0 aliphatic carbocycles. The Kier molecular flexibility index (Phi) is 4.08. The summed E-state index contributed by atoms with van der Waals surface area (Å²) in [6.45, 7) is 0. The van der Waals surface area contributed by atoms with Crippen LogP contribution in [0.3, 0.4) is 0 Å². The minimum Gasteiger partial charge on any atom is -0.497 e. The van der Waals surface area contributed by atoms with E-state index in [9.17, 15) is 0 Å². The molecule has 7 heteroatoms. The molecule has 0 saturated heterocycles. The number of hydrogen-bond acceptors (Lipinski definition) is 6. The van der Waals surface area contributed by atoms with Gasteiger partial charge in [-0.25, -0.2) is 4.99 Å². The fourth-order valence-electron chi connectivity index (χ4n) is 2.38. The number of benzene rings is 2. The molecule has 0 amide bonds.